The fraction of sp³-hybridized carbons (Fsp3) is 0.123. The Balaban J connectivity index is 1.17. The van der Waals surface area contributed by atoms with Crippen molar-refractivity contribution in [1.29, 1.82) is 0 Å². The molecule has 59 heavy (non-hydrogen) atoms. The first-order valence-electron chi connectivity index (χ1n) is 21.4. The maximum absolute atomic E-state index is 2.70. The Morgan fingerprint density at radius 3 is 1.19 bits per heavy atom. The summed E-state index contributed by atoms with van der Waals surface area (Å²) in [5.41, 5.74) is 14.0. The van der Waals surface area contributed by atoms with Crippen LogP contribution in [0, 0.1) is 0 Å². The molecule has 0 spiro atoms. The number of hydrogen-bond acceptors (Lipinski definition) is 0. The van der Waals surface area contributed by atoms with Crippen LogP contribution in [-0.2, 0) is 20.4 Å². The van der Waals surface area contributed by atoms with Crippen LogP contribution in [0.5, 0.6) is 0 Å². The van der Waals surface area contributed by atoms with Crippen LogP contribution in [0.3, 0.4) is 0 Å². The number of fused-ring (bicyclic) bond motifs is 6. The Hall–Kier alpha value is -5.40. The van der Waals surface area contributed by atoms with E-state index in [0.29, 0.717) is 7.25 Å². The minimum absolute atomic E-state index is 0.505. The van der Waals surface area contributed by atoms with E-state index in [0.717, 1.165) is 12.8 Å². The molecule has 282 valence electrons. The quantitative estimate of drug-likeness (QED) is 0.111. The average molecular weight is 850 g/mol. The van der Waals surface area contributed by atoms with E-state index in [-0.39, 0.29) is 0 Å². The van der Waals surface area contributed by atoms with Crippen molar-refractivity contribution in [2.75, 3.05) is 0 Å². The van der Waals surface area contributed by atoms with Crippen LogP contribution >= 0.6 is 0 Å². The van der Waals surface area contributed by atoms with Crippen molar-refractivity contribution in [3.8, 4) is 22.3 Å². The van der Waals surface area contributed by atoms with E-state index >= 15 is 0 Å². The van der Waals surface area contributed by atoms with Crippen LogP contribution in [-0.4, -0.2) is 5.43 Å². The summed E-state index contributed by atoms with van der Waals surface area (Å²) in [7, 11) is 0. The molecule has 0 aromatic heterocycles. The zero-order chi connectivity index (χ0) is 39.6. The summed E-state index contributed by atoms with van der Waals surface area (Å²) in [6.45, 7) is 7.55. The minimum atomic E-state index is -2.64. The monoisotopic (exact) mass is 848 g/mol. The van der Waals surface area contributed by atoms with Gasteiger partial charge in [0.2, 0.25) is 0 Å². The zero-order valence-electron chi connectivity index (χ0n) is 34.0. The van der Waals surface area contributed by atoms with Gasteiger partial charge in [0.05, 0.1) is 0 Å². The van der Waals surface area contributed by atoms with Crippen molar-refractivity contribution in [3.05, 3.63) is 209 Å². The molecule has 11 rings (SSSR count). The molecule has 2 aliphatic rings. The normalized spacial score (nSPS) is 15.7. The van der Waals surface area contributed by atoms with Gasteiger partial charge < -0.3 is 0 Å². The molecule has 0 saturated carbocycles. The van der Waals surface area contributed by atoms with Crippen molar-refractivity contribution in [2.45, 2.75) is 40.5 Å². The van der Waals surface area contributed by atoms with E-state index < -0.39 is 25.8 Å². The van der Waals surface area contributed by atoms with Crippen LogP contribution in [0.2, 0.25) is 6.55 Å². The van der Waals surface area contributed by atoms with Gasteiger partial charge in [-0.3, -0.25) is 0 Å². The topological polar surface area (TPSA) is 0 Å². The van der Waals surface area contributed by atoms with Gasteiger partial charge in [0.25, 0.3) is 0 Å². The second-order valence-corrected chi connectivity index (χ2v) is 32.3. The summed E-state index contributed by atoms with van der Waals surface area (Å²) in [5, 5.41) is 12.2. The summed E-state index contributed by atoms with van der Waals surface area (Å²) in [6.07, 6.45) is 7.48. The first kappa shape index (κ1) is 36.7. The fourth-order valence-corrected chi connectivity index (χ4v) is 33.9. The molecule has 0 nitrogen and oxygen atoms in total. The third-order valence-corrected chi connectivity index (χ3v) is 33.9. The van der Waals surface area contributed by atoms with E-state index in [1.165, 1.54) is 76.5 Å². The molecule has 0 heterocycles. The van der Waals surface area contributed by atoms with Crippen molar-refractivity contribution in [2.24, 2.45) is 0 Å². The predicted molar refractivity (Wildman–Crippen MR) is 253 cm³/mol. The van der Waals surface area contributed by atoms with Crippen molar-refractivity contribution in [3.63, 3.8) is 0 Å². The molecule has 0 aliphatic heterocycles. The van der Waals surface area contributed by atoms with E-state index in [1.54, 1.807) is 27.5 Å². The molecule has 0 radical (unpaired) electrons. The Morgan fingerprint density at radius 2 is 0.797 bits per heavy atom. The van der Waals surface area contributed by atoms with Gasteiger partial charge in [0.15, 0.2) is 0 Å². The molecule has 0 amide bonds. The third-order valence-electron chi connectivity index (χ3n) is 13.5. The standard InChI is InChI=1S/2C25H19.C7H8Si.Zr/c2*1-2-17-14-18-10-7-13-23(24(18)15-17)25-21-11-5-3-8-19(21)16-20-9-4-6-12-22(20)25;1-8-7-5-3-2-4-6-7;/h2*3-16H,2H2,1H3;2-6H,1H3;. The number of benzene rings is 9. The van der Waals surface area contributed by atoms with E-state index in [1.807, 2.05) is 0 Å². The molecule has 9 aromatic carbocycles. The molecule has 2 aliphatic carbocycles. The second kappa shape index (κ2) is 15.0. The summed E-state index contributed by atoms with van der Waals surface area (Å²) < 4.78 is 1.01. The first-order valence-corrected chi connectivity index (χ1v) is 29.9. The zero-order valence-corrected chi connectivity index (χ0v) is 37.4. The Kier molecular flexibility index (Phi) is 9.33. The maximum atomic E-state index is 2.70. The number of hydrogen-bond donors (Lipinski definition) is 0. The summed E-state index contributed by atoms with van der Waals surface area (Å²) in [4.78, 5) is 0. The van der Waals surface area contributed by atoms with Gasteiger partial charge in [0.1, 0.15) is 0 Å². The molecule has 2 atom stereocenters. The number of allylic oxidation sites excluding steroid dienone is 2. The summed E-state index contributed by atoms with van der Waals surface area (Å²) in [5.74, 6) is 0. The third kappa shape index (κ3) is 5.94. The molecule has 0 fully saturated rings. The molecule has 0 N–H and O–H groups in total. The van der Waals surface area contributed by atoms with Gasteiger partial charge >= 0.3 is 358 Å². The molecular weight excluding hydrogens is 804 g/mol. The molecule has 0 saturated heterocycles. The Bertz CT molecular complexity index is 2950. The van der Waals surface area contributed by atoms with Gasteiger partial charge in [-0.1, -0.05) is 0 Å². The van der Waals surface area contributed by atoms with E-state index in [9.17, 15) is 0 Å². The van der Waals surface area contributed by atoms with Gasteiger partial charge in [-0.15, -0.1) is 0 Å². The van der Waals surface area contributed by atoms with Gasteiger partial charge in [-0.2, -0.15) is 0 Å². The van der Waals surface area contributed by atoms with E-state index in [4.69, 9.17) is 0 Å². The molecule has 0 bridgehead atoms. The molecule has 2 heteroatoms. The molecule has 9 aromatic rings. The van der Waals surface area contributed by atoms with Crippen molar-refractivity contribution in [1.82, 2.24) is 0 Å². The van der Waals surface area contributed by atoms with Crippen molar-refractivity contribution < 1.29 is 20.4 Å². The summed E-state index contributed by atoms with van der Waals surface area (Å²) >= 11 is -2.64. The van der Waals surface area contributed by atoms with Gasteiger partial charge in [-0.25, -0.2) is 0 Å². The van der Waals surface area contributed by atoms with E-state index in [2.05, 4.69) is 208 Å². The Morgan fingerprint density at radius 1 is 0.424 bits per heavy atom. The van der Waals surface area contributed by atoms with Gasteiger partial charge in [0, 0.05) is 0 Å². The Labute approximate surface area is 355 Å². The SMILES string of the molecule is CCC1=Cc2c(-c3c4ccccc4cc4ccccc34)cccc2[CH]1[Zr]([CH]1C(CC)=Cc2c(-c3c4ccccc4cc4ccccc34)cccc21)=[Si](C)c1ccccc1. The summed E-state index contributed by atoms with van der Waals surface area (Å²) in [6, 6.07) is 67.2. The number of rotatable bonds is 7. The first-order chi connectivity index (χ1) is 29.1. The van der Waals surface area contributed by atoms with Crippen LogP contribution in [0.15, 0.2) is 187 Å². The van der Waals surface area contributed by atoms with Crippen LogP contribution in [0.1, 0.15) is 56.2 Å². The second-order valence-electron chi connectivity index (χ2n) is 16.5. The molecule has 2 unspecified atom stereocenters. The predicted octanol–water partition coefficient (Wildman–Crippen LogP) is 15.2. The molecular formula is C57H46SiZr. The van der Waals surface area contributed by atoms with Crippen LogP contribution < -0.4 is 5.19 Å². The van der Waals surface area contributed by atoms with Crippen molar-refractivity contribution >= 4 is 65.9 Å². The van der Waals surface area contributed by atoms with Crippen LogP contribution in [0.4, 0.5) is 0 Å². The average Bonchev–Trinajstić information content (AvgIpc) is 3.86. The fourth-order valence-electron chi connectivity index (χ4n) is 10.8. The van der Waals surface area contributed by atoms with Gasteiger partial charge in [-0.05, 0) is 0 Å². The van der Waals surface area contributed by atoms with Crippen LogP contribution in [0.25, 0.3) is 77.5 Å².